The lowest BCUT2D eigenvalue weighted by molar-refractivity contribution is -0.142. The van der Waals surface area contributed by atoms with Crippen molar-refractivity contribution in [3.63, 3.8) is 0 Å². The van der Waals surface area contributed by atoms with E-state index in [1.165, 1.54) is 38.5 Å². The summed E-state index contributed by atoms with van der Waals surface area (Å²) in [6.45, 7) is 7.06. The molecule has 1 saturated heterocycles. The Bertz CT molecular complexity index is 332. The Hall–Kier alpha value is -0.570. The molecule has 0 aromatic rings. The first kappa shape index (κ1) is 16.8. The van der Waals surface area contributed by atoms with E-state index in [0.717, 1.165) is 44.2 Å². The molecule has 1 atom stereocenters. The Balaban J connectivity index is 2.03. The standard InChI is InChI=1S/C18H34N2O/c1-15(2)16-8-7-12-20(13-9-16)17(21)18(14-19)10-5-3-4-6-11-18/h15-16H,3-14,19H2,1-2H3. The van der Waals surface area contributed by atoms with Crippen LogP contribution < -0.4 is 5.73 Å². The number of carbonyl (C=O) groups is 1. The molecule has 1 aliphatic carbocycles. The van der Waals surface area contributed by atoms with Crippen molar-refractivity contribution in [3.8, 4) is 0 Å². The maximum Gasteiger partial charge on any atom is 0.230 e. The van der Waals surface area contributed by atoms with Crippen molar-refractivity contribution in [3.05, 3.63) is 0 Å². The van der Waals surface area contributed by atoms with Gasteiger partial charge in [-0.05, 0) is 43.9 Å². The smallest absolute Gasteiger partial charge is 0.230 e. The van der Waals surface area contributed by atoms with E-state index < -0.39 is 0 Å². The number of hydrogen-bond donors (Lipinski definition) is 1. The van der Waals surface area contributed by atoms with Crippen molar-refractivity contribution in [2.45, 2.75) is 71.6 Å². The highest BCUT2D eigenvalue weighted by molar-refractivity contribution is 5.83. The van der Waals surface area contributed by atoms with Gasteiger partial charge in [-0.15, -0.1) is 0 Å². The van der Waals surface area contributed by atoms with Gasteiger partial charge in [-0.1, -0.05) is 39.5 Å². The summed E-state index contributed by atoms with van der Waals surface area (Å²) >= 11 is 0. The summed E-state index contributed by atoms with van der Waals surface area (Å²) in [5.41, 5.74) is 5.84. The summed E-state index contributed by atoms with van der Waals surface area (Å²) in [5, 5.41) is 0. The Kier molecular flexibility index (Phi) is 6.09. The van der Waals surface area contributed by atoms with Crippen LogP contribution in [0.15, 0.2) is 0 Å². The van der Waals surface area contributed by atoms with Crippen LogP contribution in [0.2, 0.25) is 0 Å². The molecule has 2 rings (SSSR count). The second kappa shape index (κ2) is 7.62. The highest BCUT2D eigenvalue weighted by Gasteiger charge is 2.40. The van der Waals surface area contributed by atoms with Crippen LogP contribution >= 0.6 is 0 Å². The highest BCUT2D eigenvalue weighted by atomic mass is 16.2. The van der Waals surface area contributed by atoms with Gasteiger partial charge in [-0.3, -0.25) is 4.79 Å². The molecule has 0 radical (unpaired) electrons. The van der Waals surface area contributed by atoms with Crippen LogP contribution in [0.1, 0.15) is 71.6 Å². The van der Waals surface area contributed by atoms with Crippen molar-refractivity contribution < 1.29 is 4.79 Å². The Morgan fingerprint density at radius 2 is 1.76 bits per heavy atom. The number of likely N-dealkylation sites (tertiary alicyclic amines) is 1. The lowest BCUT2D eigenvalue weighted by atomic mass is 9.79. The minimum atomic E-state index is -0.242. The molecule has 2 aliphatic rings. The number of nitrogens with zero attached hydrogens (tertiary/aromatic N) is 1. The van der Waals surface area contributed by atoms with Gasteiger partial charge in [0.25, 0.3) is 0 Å². The van der Waals surface area contributed by atoms with Crippen molar-refractivity contribution in [1.29, 1.82) is 0 Å². The molecule has 1 unspecified atom stereocenters. The van der Waals surface area contributed by atoms with E-state index in [-0.39, 0.29) is 5.41 Å². The first-order valence-corrected chi connectivity index (χ1v) is 9.08. The third-order valence-corrected chi connectivity index (χ3v) is 5.91. The minimum absolute atomic E-state index is 0.242. The summed E-state index contributed by atoms with van der Waals surface area (Å²) in [7, 11) is 0. The fourth-order valence-corrected chi connectivity index (χ4v) is 4.24. The summed E-state index contributed by atoms with van der Waals surface area (Å²) in [6, 6.07) is 0. The van der Waals surface area contributed by atoms with Gasteiger partial charge >= 0.3 is 0 Å². The van der Waals surface area contributed by atoms with E-state index in [0.29, 0.717) is 12.5 Å². The predicted octanol–water partition coefficient (Wildman–Crippen LogP) is 3.57. The molecule has 122 valence electrons. The van der Waals surface area contributed by atoms with Crippen molar-refractivity contribution >= 4 is 5.91 Å². The molecule has 0 aromatic carbocycles. The van der Waals surface area contributed by atoms with Crippen LogP contribution in [0.4, 0.5) is 0 Å². The molecule has 21 heavy (non-hydrogen) atoms. The quantitative estimate of drug-likeness (QED) is 0.809. The van der Waals surface area contributed by atoms with E-state index in [1.807, 2.05) is 0 Å². The Morgan fingerprint density at radius 3 is 2.33 bits per heavy atom. The third-order valence-electron chi connectivity index (χ3n) is 5.91. The van der Waals surface area contributed by atoms with Gasteiger partial charge in [-0.2, -0.15) is 0 Å². The molecule has 3 heteroatoms. The van der Waals surface area contributed by atoms with E-state index in [1.54, 1.807) is 0 Å². The van der Waals surface area contributed by atoms with Gasteiger partial charge in [0.15, 0.2) is 0 Å². The Morgan fingerprint density at radius 1 is 1.10 bits per heavy atom. The zero-order valence-electron chi connectivity index (χ0n) is 14.1. The molecule has 0 aromatic heterocycles. The van der Waals surface area contributed by atoms with Gasteiger partial charge in [0.05, 0.1) is 5.41 Å². The van der Waals surface area contributed by atoms with Crippen molar-refractivity contribution in [1.82, 2.24) is 4.90 Å². The zero-order valence-corrected chi connectivity index (χ0v) is 14.1. The molecule has 1 aliphatic heterocycles. The minimum Gasteiger partial charge on any atom is -0.342 e. The topological polar surface area (TPSA) is 46.3 Å². The monoisotopic (exact) mass is 294 g/mol. The first-order valence-electron chi connectivity index (χ1n) is 9.08. The average Bonchev–Trinajstić information content (AvgIpc) is 2.87. The van der Waals surface area contributed by atoms with Gasteiger partial charge in [-0.25, -0.2) is 0 Å². The molecular formula is C18H34N2O. The number of hydrogen-bond acceptors (Lipinski definition) is 2. The van der Waals surface area contributed by atoms with Crippen LogP contribution in [-0.4, -0.2) is 30.4 Å². The van der Waals surface area contributed by atoms with Crippen LogP contribution in [0.5, 0.6) is 0 Å². The fraction of sp³-hybridized carbons (Fsp3) is 0.944. The first-order chi connectivity index (χ1) is 10.1. The van der Waals surface area contributed by atoms with E-state index in [9.17, 15) is 4.79 Å². The van der Waals surface area contributed by atoms with Crippen LogP contribution in [-0.2, 0) is 4.79 Å². The van der Waals surface area contributed by atoms with Crippen LogP contribution in [0.25, 0.3) is 0 Å². The second-order valence-electron chi connectivity index (χ2n) is 7.63. The number of carbonyl (C=O) groups excluding carboxylic acids is 1. The lowest BCUT2D eigenvalue weighted by Gasteiger charge is -2.35. The average molecular weight is 294 g/mol. The highest BCUT2D eigenvalue weighted by Crippen LogP contribution is 2.37. The van der Waals surface area contributed by atoms with E-state index in [2.05, 4.69) is 18.7 Å². The molecule has 2 fully saturated rings. The maximum absolute atomic E-state index is 13.1. The van der Waals surface area contributed by atoms with Gasteiger partial charge < -0.3 is 10.6 Å². The van der Waals surface area contributed by atoms with Crippen LogP contribution in [0.3, 0.4) is 0 Å². The summed E-state index contributed by atoms with van der Waals surface area (Å²) in [5.74, 6) is 1.89. The summed E-state index contributed by atoms with van der Waals surface area (Å²) in [6.07, 6.45) is 10.5. The normalized spacial score (nSPS) is 27.2. The lowest BCUT2D eigenvalue weighted by Crippen LogP contribution is -2.48. The molecule has 1 amide bonds. The van der Waals surface area contributed by atoms with Crippen molar-refractivity contribution in [2.75, 3.05) is 19.6 Å². The Labute approximate surface area is 130 Å². The number of nitrogens with two attached hydrogens (primary N) is 1. The third kappa shape index (κ3) is 4.00. The predicted molar refractivity (Wildman–Crippen MR) is 87.9 cm³/mol. The molecule has 0 bridgehead atoms. The molecular weight excluding hydrogens is 260 g/mol. The molecule has 1 saturated carbocycles. The SMILES string of the molecule is CC(C)C1CCCN(C(=O)C2(CN)CCCCCC2)CC1. The zero-order chi connectivity index (χ0) is 15.3. The van der Waals surface area contributed by atoms with Gasteiger partial charge in [0.2, 0.25) is 5.91 Å². The van der Waals surface area contributed by atoms with Gasteiger partial charge in [0.1, 0.15) is 0 Å². The molecule has 2 N–H and O–H groups in total. The van der Waals surface area contributed by atoms with Gasteiger partial charge in [0, 0.05) is 19.6 Å². The molecule has 1 heterocycles. The maximum atomic E-state index is 13.1. The second-order valence-corrected chi connectivity index (χ2v) is 7.63. The fourth-order valence-electron chi connectivity index (χ4n) is 4.24. The summed E-state index contributed by atoms with van der Waals surface area (Å²) in [4.78, 5) is 15.3. The van der Waals surface area contributed by atoms with Crippen molar-refractivity contribution in [2.24, 2.45) is 23.0 Å². The van der Waals surface area contributed by atoms with E-state index >= 15 is 0 Å². The van der Waals surface area contributed by atoms with Crippen LogP contribution in [0, 0.1) is 17.3 Å². The molecule has 0 spiro atoms. The number of amides is 1. The van der Waals surface area contributed by atoms with E-state index in [4.69, 9.17) is 5.73 Å². The molecule has 3 nitrogen and oxygen atoms in total. The number of rotatable bonds is 3. The summed E-state index contributed by atoms with van der Waals surface area (Å²) < 4.78 is 0. The largest absolute Gasteiger partial charge is 0.342 e.